The summed E-state index contributed by atoms with van der Waals surface area (Å²) >= 11 is 3.82. The Kier molecular flexibility index (Phi) is 3.84. The first kappa shape index (κ1) is 10.5. The van der Waals surface area contributed by atoms with Crippen molar-refractivity contribution in [1.82, 2.24) is 10.3 Å². The molecule has 1 N–H and O–H groups in total. The van der Waals surface area contributed by atoms with Crippen LogP contribution in [0.25, 0.3) is 0 Å². The third-order valence-electron chi connectivity index (χ3n) is 2.61. The first-order chi connectivity index (χ1) is 6.86. The number of hydrogen-bond acceptors (Lipinski definition) is 4. The Morgan fingerprint density at radius 2 is 2.64 bits per heavy atom. The summed E-state index contributed by atoms with van der Waals surface area (Å²) < 4.78 is 0. The molecule has 2 nitrogen and oxygen atoms in total. The predicted molar refractivity (Wildman–Crippen MR) is 64.0 cm³/mol. The molecular weight excluding hydrogens is 212 g/mol. The van der Waals surface area contributed by atoms with E-state index < -0.39 is 0 Å². The van der Waals surface area contributed by atoms with E-state index in [9.17, 15) is 0 Å². The number of thiazole rings is 1. The molecule has 14 heavy (non-hydrogen) atoms. The third kappa shape index (κ3) is 2.72. The fourth-order valence-corrected chi connectivity index (χ4v) is 3.56. The largest absolute Gasteiger partial charge is 0.309 e. The highest BCUT2D eigenvalue weighted by atomic mass is 32.2. The Bertz CT molecular complexity index is 255. The fourth-order valence-electron chi connectivity index (χ4n) is 1.63. The fraction of sp³-hybridized carbons (Fsp3) is 0.700. The van der Waals surface area contributed by atoms with Gasteiger partial charge in [0.25, 0.3) is 0 Å². The Hall–Kier alpha value is -0.0600. The highest BCUT2D eigenvalue weighted by molar-refractivity contribution is 7.99. The lowest BCUT2D eigenvalue weighted by molar-refractivity contribution is 0.481. The van der Waals surface area contributed by atoms with E-state index in [1.807, 2.05) is 11.7 Å². The molecule has 0 radical (unpaired) electrons. The second-order valence-electron chi connectivity index (χ2n) is 3.76. The molecule has 0 aliphatic carbocycles. The Labute approximate surface area is 93.5 Å². The molecule has 1 aliphatic heterocycles. The van der Waals surface area contributed by atoms with Gasteiger partial charge in [0.05, 0.1) is 5.51 Å². The van der Waals surface area contributed by atoms with E-state index in [0.29, 0.717) is 6.04 Å². The second-order valence-corrected chi connectivity index (χ2v) is 5.83. The zero-order chi connectivity index (χ0) is 9.80. The molecule has 2 atom stereocenters. The maximum absolute atomic E-state index is 4.10. The molecule has 1 aromatic rings. The van der Waals surface area contributed by atoms with Crippen molar-refractivity contribution in [2.75, 3.05) is 18.1 Å². The number of aromatic nitrogens is 1. The van der Waals surface area contributed by atoms with Gasteiger partial charge in [-0.1, -0.05) is 0 Å². The molecule has 2 heterocycles. The lowest BCUT2D eigenvalue weighted by Crippen LogP contribution is -2.25. The van der Waals surface area contributed by atoms with Crippen LogP contribution < -0.4 is 5.32 Å². The van der Waals surface area contributed by atoms with Gasteiger partial charge in [0.2, 0.25) is 0 Å². The Balaban J connectivity index is 1.74. The summed E-state index contributed by atoms with van der Waals surface area (Å²) in [6.07, 6.45) is 3.35. The second kappa shape index (κ2) is 5.14. The van der Waals surface area contributed by atoms with Crippen molar-refractivity contribution < 1.29 is 0 Å². The molecule has 1 saturated heterocycles. The van der Waals surface area contributed by atoms with E-state index in [0.717, 1.165) is 12.5 Å². The summed E-state index contributed by atoms with van der Waals surface area (Å²) in [6, 6.07) is 0.466. The van der Waals surface area contributed by atoms with Crippen molar-refractivity contribution in [3.8, 4) is 0 Å². The molecule has 0 aromatic carbocycles. The summed E-state index contributed by atoms with van der Waals surface area (Å²) in [4.78, 5) is 5.44. The number of nitrogens with one attached hydrogen (secondary N) is 1. The van der Waals surface area contributed by atoms with Gasteiger partial charge in [0.1, 0.15) is 0 Å². The molecule has 0 amide bonds. The van der Waals surface area contributed by atoms with Crippen molar-refractivity contribution >= 4 is 23.1 Å². The van der Waals surface area contributed by atoms with Crippen LogP contribution >= 0.6 is 23.1 Å². The minimum atomic E-state index is 0.466. The van der Waals surface area contributed by atoms with Gasteiger partial charge in [-0.25, -0.2) is 0 Å². The minimum absolute atomic E-state index is 0.466. The summed E-state index contributed by atoms with van der Waals surface area (Å²) in [6.45, 7) is 3.38. The van der Waals surface area contributed by atoms with Gasteiger partial charge in [0, 0.05) is 17.1 Å². The summed E-state index contributed by atoms with van der Waals surface area (Å²) in [7, 11) is 0. The first-order valence-corrected chi connectivity index (χ1v) is 7.09. The molecule has 0 spiro atoms. The van der Waals surface area contributed by atoms with Gasteiger partial charge >= 0.3 is 0 Å². The highest BCUT2D eigenvalue weighted by Crippen LogP contribution is 2.24. The predicted octanol–water partition coefficient (Wildman–Crippen LogP) is 2.55. The first-order valence-electron chi connectivity index (χ1n) is 5.06. The van der Waals surface area contributed by atoms with E-state index >= 15 is 0 Å². The standard InChI is InChI=1S/C10H16N2S2/c1-8(10-5-11-7-14-10)12-4-9-2-3-13-6-9/h5,7-9,12H,2-4,6H2,1H3. The van der Waals surface area contributed by atoms with Crippen LogP contribution in [0.2, 0.25) is 0 Å². The maximum Gasteiger partial charge on any atom is 0.0794 e. The van der Waals surface area contributed by atoms with Gasteiger partial charge < -0.3 is 5.32 Å². The van der Waals surface area contributed by atoms with Crippen LogP contribution in [0.1, 0.15) is 24.3 Å². The van der Waals surface area contributed by atoms with Gasteiger partial charge in [-0.2, -0.15) is 11.8 Å². The van der Waals surface area contributed by atoms with Crippen LogP contribution in [-0.4, -0.2) is 23.0 Å². The number of thioether (sulfide) groups is 1. The molecule has 2 unspecified atom stereocenters. The van der Waals surface area contributed by atoms with E-state index in [1.165, 1.54) is 22.8 Å². The number of nitrogens with zero attached hydrogens (tertiary/aromatic N) is 1. The molecule has 78 valence electrons. The summed E-state index contributed by atoms with van der Waals surface area (Å²) in [5.74, 6) is 3.57. The topological polar surface area (TPSA) is 24.9 Å². The lowest BCUT2D eigenvalue weighted by atomic mass is 10.1. The van der Waals surface area contributed by atoms with Crippen molar-refractivity contribution in [2.45, 2.75) is 19.4 Å². The van der Waals surface area contributed by atoms with Crippen LogP contribution in [0.3, 0.4) is 0 Å². The molecule has 1 aliphatic rings. The Morgan fingerprint density at radius 3 is 3.29 bits per heavy atom. The maximum atomic E-state index is 4.10. The average molecular weight is 228 g/mol. The quantitative estimate of drug-likeness (QED) is 0.857. The summed E-state index contributed by atoms with van der Waals surface area (Å²) in [5.41, 5.74) is 1.90. The van der Waals surface area contributed by atoms with Crippen molar-refractivity contribution in [1.29, 1.82) is 0 Å². The minimum Gasteiger partial charge on any atom is -0.309 e. The van der Waals surface area contributed by atoms with Gasteiger partial charge in [-0.15, -0.1) is 11.3 Å². The summed E-state index contributed by atoms with van der Waals surface area (Å²) in [5, 5.41) is 3.58. The molecular formula is C10H16N2S2. The van der Waals surface area contributed by atoms with Crippen molar-refractivity contribution in [3.63, 3.8) is 0 Å². The van der Waals surface area contributed by atoms with Crippen LogP contribution in [0.4, 0.5) is 0 Å². The van der Waals surface area contributed by atoms with Crippen LogP contribution in [-0.2, 0) is 0 Å². The van der Waals surface area contributed by atoms with Crippen molar-refractivity contribution in [3.05, 3.63) is 16.6 Å². The Morgan fingerprint density at radius 1 is 1.71 bits per heavy atom. The zero-order valence-electron chi connectivity index (χ0n) is 8.40. The smallest absolute Gasteiger partial charge is 0.0794 e. The molecule has 2 rings (SSSR count). The lowest BCUT2D eigenvalue weighted by Gasteiger charge is -2.14. The normalized spacial score (nSPS) is 23.9. The highest BCUT2D eigenvalue weighted by Gasteiger charge is 2.16. The monoisotopic (exact) mass is 228 g/mol. The molecule has 0 saturated carbocycles. The van der Waals surface area contributed by atoms with Gasteiger partial charge in [-0.3, -0.25) is 4.98 Å². The van der Waals surface area contributed by atoms with Gasteiger partial charge in [0.15, 0.2) is 0 Å². The third-order valence-corrected chi connectivity index (χ3v) is 4.80. The van der Waals surface area contributed by atoms with Crippen LogP contribution in [0.15, 0.2) is 11.7 Å². The van der Waals surface area contributed by atoms with E-state index in [4.69, 9.17) is 0 Å². The number of rotatable bonds is 4. The van der Waals surface area contributed by atoms with E-state index in [1.54, 1.807) is 11.3 Å². The average Bonchev–Trinajstić information content (AvgIpc) is 2.87. The van der Waals surface area contributed by atoms with Crippen LogP contribution in [0, 0.1) is 5.92 Å². The van der Waals surface area contributed by atoms with Gasteiger partial charge in [-0.05, 0) is 37.3 Å². The molecule has 1 aromatic heterocycles. The number of hydrogen-bond donors (Lipinski definition) is 1. The zero-order valence-corrected chi connectivity index (χ0v) is 10.0. The van der Waals surface area contributed by atoms with Crippen molar-refractivity contribution in [2.24, 2.45) is 5.92 Å². The van der Waals surface area contributed by atoms with E-state index in [-0.39, 0.29) is 0 Å². The molecule has 4 heteroatoms. The van der Waals surface area contributed by atoms with Crippen LogP contribution in [0.5, 0.6) is 0 Å². The SMILES string of the molecule is CC(NCC1CCSC1)c1cncs1. The molecule has 1 fully saturated rings. The molecule has 0 bridgehead atoms. The van der Waals surface area contributed by atoms with E-state index in [2.05, 4.69) is 29.0 Å².